The van der Waals surface area contributed by atoms with Gasteiger partial charge in [-0.3, -0.25) is 0 Å². The minimum atomic E-state index is 0.447. The summed E-state index contributed by atoms with van der Waals surface area (Å²) in [5.74, 6) is 2.75. The molecule has 3 nitrogen and oxygen atoms in total. The Morgan fingerprint density at radius 1 is 1.47 bits per heavy atom. The van der Waals surface area contributed by atoms with E-state index in [0.717, 1.165) is 24.3 Å². The summed E-state index contributed by atoms with van der Waals surface area (Å²) >= 11 is 0. The summed E-state index contributed by atoms with van der Waals surface area (Å²) in [6.07, 6.45) is 6.79. The zero-order chi connectivity index (χ0) is 10.8. The zero-order valence-electron chi connectivity index (χ0n) is 9.90. The number of hydrogen-bond donors (Lipinski definition) is 1. The molecular formula is C12H21N3. The molecule has 1 aromatic heterocycles. The molecule has 1 saturated carbocycles. The molecular weight excluding hydrogens is 186 g/mol. The van der Waals surface area contributed by atoms with Crippen LogP contribution in [0.2, 0.25) is 0 Å². The number of nitrogens with one attached hydrogen (secondary N) is 1. The van der Waals surface area contributed by atoms with Crippen LogP contribution in [0.5, 0.6) is 0 Å². The maximum Gasteiger partial charge on any atom is 0.202 e. The van der Waals surface area contributed by atoms with Gasteiger partial charge in [0.2, 0.25) is 5.95 Å². The number of nitrogens with zero attached hydrogens (tertiary/aromatic N) is 2. The predicted molar refractivity (Wildman–Crippen MR) is 62.9 cm³/mol. The highest BCUT2D eigenvalue weighted by Gasteiger charge is 2.28. The van der Waals surface area contributed by atoms with Gasteiger partial charge in [-0.1, -0.05) is 6.92 Å². The van der Waals surface area contributed by atoms with E-state index in [1.54, 1.807) is 0 Å². The summed E-state index contributed by atoms with van der Waals surface area (Å²) in [5, 5.41) is 3.37. The van der Waals surface area contributed by atoms with Gasteiger partial charge in [0, 0.05) is 25.0 Å². The second kappa shape index (κ2) is 4.25. The number of rotatable bonds is 5. The van der Waals surface area contributed by atoms with Crippen LogP contribution in [0, 0.1) is 11.8 Å². The maximum absolute atomic E-state index is 4.34. The van der Waals surface area contributed by atoms with E-state index in [4.69, 9.17) is 0 Å². The highest BCUT2D eigenvalue weighted by atomic mass is 15.2. The molecule has 1 aromatic rings. The molecule has 1 N–H and O–H groups in total. The highest BCUT2D eigenvalue weighted by Crippen LogP contribution is 2.37. The second-order valence-corrected chi connectivity index (χ2v) is 5.02. The van der Waals surface area contributed by atoms with E-state index in [-0.39, 0.29) is 0 Å². The van der Waals surface area contributed by atoms with Crippen LogP contribution in [-0.2, 0) is 6.54 Å². The molecule has 1 aliphatic carbocycles. The van der Waals surface area contributed by atoms with Gasteiger partial charge in [0.25, 0.3) is 0 Å². The minimum absolute atomic E-state index is 0.447. The topological polar surface area (TPSA) is 29.9 Å². The Bertz CT molecular complexity index is 312. The van der Waals surface area contributed by atoms with Crippen LogP contribution in [0.4, 0.5) is 5.95 Å². The average molecular weight is 207 g/mol. The van der Waals surface area contributed by atoms with Crippen molar-refractivity contribution in [2.75, 3.05) is 5.32 Å². The van der Waals surface area contributed by atoms with Crippen LogP contribution in [-0.4, -0.2) is 15.6 Å². The molecule has 0 radical (unpaired) electrons. The molecule has 0 aromatic carbocycles. The van der Waals surface area contributed by atoms with Gasteiger partial charge >= 0.3 is 0 Å². The third-order valence-corrected chi connectivity index (χ3v) is 3.04. The van der Waals surface area contributed by atoms with Gasteiger partial charge in [-0.2, -0.15) is 0 Å². The van der Waals surface area contributed by atoms with E-state index < -0.39 is 0 Å². The number of imidazole rings is 1. The van der Waals surface area contributed by atoms with Gasteiger partial charge in [0.05, 0.1) is 0 Å². The molecule has 0 amide bonds. The van der Waals surface area contributed by atoms with Gasteiger partial charge in [-0.05, 0) is 38.5 Å². The zero-order valence-corrected chi connectivity index (χ0v) is 9.90. The van der Waals surface area contributed by atoms with E-state index in [0.29, 0.717) is 6.04 Å². The lowest BCUT2D eigenvalue weighted by Crippen LogP contribution is -2.17. The fourth-order valence-corrected chi connectivity index (χ4v) is 1.98. The van der Waals surface area contributed by atoms with Crippen molar-refractivity contribution in [1.82, 2.24) is 9.55 Å². The normalized spacial score (nSPS) is 18.1. The van der Waals surface area contributed by atoms with Crippen LogP contribution in [0.15, 0.2) is 12.4 Å². The Kier molecular flexibility index (Phi) is 2.98. The molecule has 2 rings (SSSR count). The van der Waals surface area contributed by atoms with Gasteiger partial charge in [0.1, 0.15) is 0 Å². The fraction of sp³-hybridized carbons (Fsp3) is 0.750. The van der Waals surface area contributed by atoms with Crippen molar-refractivity contribution >= 4 is 5.95 Å². The Balaban J connectivity index is 1.97. The SMILES string of the molecule is CC(C)Nc1nccn1CC(C)C1CC1. The number of aromatic nitrogens is 2. The molecule has 3 heteroatoms. The number of hydrogen-bond acceptors (Lipinski definition) is 2. The van der Waals surface area contributed by atoms with Gasteiger partial charge in [0.15, 0.2) is 0 Å². The standard InChI is InChI=1S/C12H21N3/c1-9(2)14-12-13-6-7-15(12)8-10(3)11-4-5-11/h6-7,9-11H,4-5,8H2,1-3H3,(H,13,14). The third-order valence-electron chi connectivity index (χ3n) is 3.04. The predicted octanol–water partition coefficient (Wildman–Crippen LogP) is 2.75. The van der Waals surface area contributed by atoms with Crippen molar-refractivity contribution in [3.8, 4) is 0 Å². The van der Waals surface area contributed by atoms with Crippen molar-refractivity contribution in [3.05, 3.63) is 12.4 Å². The van der Waals surface area contributed by atoms with E-state index in [1.165, 1.54) is 12.8 Å². The molecule has 1 heterocycles. The van der Waals surface area contributed by atoms with E-state index >= 15 is 0 Å². The monoisotopic (exact) mass is 207 g/mol. The van der Waals surface area contributed by atoms with Crippen LogP contribution in [0.25, 0.3) is 0 Å². The first-order valence-corrected chi connectivity index (χ1v) is 5.94. The van der Waals surface area contributed by atoms with Gasteiger partial charge < -0.3 is 9.88 Å². The Morgan fingerprint density at radius 3 is 2.80 bits per heavy atom. The Labute approximate surface area is 91.9 Å². The third kappa shape index (κ3) is 2.74. The van der Waals surface area contributed by atoms with Crippen molar-refractivity contribution in [3.63, 3.8) is 0 Å². The van der Waals surface area contributed by atoms with Crippen molar-refractivity contribution < 1.29 is 0 Å². The van der Waals surface area contributed by atoms with E-state index in [9.17, 15) is 0 Å². The van der Waals surface area contributed by atoms with E-state index in [1.807, 2.05) is 6.20 Å². The van der Waals surface area contributed by atoms with Crippen molar-refractivity contribution in [2.24, 2.45) is 11.8 Å². The van der Waals surface area contributed by atoms with Crippen LogP contribution in [0.1, 0.15) is 33.6 Å². The van der Waals surface area contributed by atoms with Gasteiger partial charge in [-0.15, -0.1) is 0 Å². The van der Waals surface area contributed by atoms with Crippen LogP contribution in [0.3, 0.4) is 0 Å². The summed E-state index contributed by atoms with van der Waals surface area (Å²) in [7, 11) is 0. The lowest BCUT2D eigenvalue weighted by Gasteiger charge is -2.15. The molecule has 0 aliphatic heterocycles. The Hall–Kier alpha value is -0.990. The van der Waals surface area contributed by atoms with Crippen LogP contribution < -0.4 is 5.32 Å². The van der Waals surface area contributed by atoms with Crippen molar-refractivity contribution in [2.45, 2.75) is 46.2 Å². The summed E-state index contributed by atoms with van der Waals surface area (Å²) < 4.78 is 2.24. The molecule has 1 aliphatic rings. The molecule has 0 spiro atoms. The summed E-state index contributed by atoms with van der Waals surface area (Å²) in [6, 6.07) is 0.447. The number of anilines is 1. The molecule has 15 heavy (non-hydrogen) atoms. The molecule has 1 unspecified atom stereocenters. The maximum atomic E-state index is 4.34. The first-order valence-electron chi connectivity index (χ1n) is 5.94. The van der Waals surface area contributed by atoms with Crippen molar-refractivity contribution in [1.29, 1.82) is 0 Å². The molecule has 0 bridgehead atoms. The molecule has 1 fully saturated rings. The molecule has 1 atom stereocenters. The average Bonchev–Trinajstić information content (AvgIpc) is 2.92. The van der Waals surface area contributed by atoms with Gasteiger partial charge in [-0.25, -0.2) is 4.98 Å². The quantitative estimate of drug-likeness (QED) is 0.804. The van der Waals surface area contributed by atoms with E-state index in [2.05, 4.69) is 41.8 Å². The van der Waals surface area contributed by atoms with Crippen LogP contribution >= 0.6 is 0 Å². The summed E-state index contributed by atoms with van der Waals surface area (Å²) in [4.78, 5) is 4.34. The summed E-state index contributed by atoms with van der Waals surface area (Å²) in [6.45, 7) is 7.73. The fourth-order valence-electron chi connectivity index (χ4n) is 1.98. The summed E-state index contributed by atoms with van der Waals surface area (Å²) in [5.41, 5.74) is 0. The molecule has 0 saturated heterocycles. The second-order valence-electron chi connectivity index (χ2n) is 5.02. The largest absolute Gasteiger partial charge is 0.353 e. The first kappa shape index (κ1) is 10.5. The smallest absolute Gasteiger partial charge is 0.202 e. The lowest BCUT2D eigenvalue weighted by atomic mass is 10.1. The lowest BCUT2D eigenvalue weighted by molar-refractivity contribution is 0.432. The first-order chi connectivity index (χ1) is 7.16. The minimum Gasteiger partial charge on any atom is -0.353 e. The highest BCUT2D eigenvalue weighted by molar-refractivity contribution is 5.26. The molecule has 84 valence electrons. The Morgan fingerprint density at radius 2 is 2.20 bits per heavy atom.